The molecule has 0 saturated heterocycles. The van der Waals surface area contributed by atoms with E-state index in [-0.39, 0.29) is 5.91 Å². The molecule has 0 aliphatic heterocycles. The summed E-state index contributed by atoms with van der Waals surface area (Å²) in [6, 6.07) is 8.97. The Morgan fingerprint density at radius 3 is 2.48 bits per heavy atom. The topological polar surface area (TPSA) is 38.1 Å². The van der Waals surface area contributed by atoms with E-state index in [9.17, 15) is 4.79 Å². The van der Waals surface area contributed by atoms with Crippen molar-refractivity contribution in [3.8, 4) is 5.69 Å². The van der Waals surface area contributed by atoms with E-state index in [0.29, 0.717) is 6.04 Å². The SMILES string of the molecule is C=C(S/C=C(\C)C(=O)N(C)C(CCC)CCC)c1cnn(-c2ccc(C3CC3)cc2)c1. The van der Waals surface area contributed by atoms with Gasteiger partial charge in [-0.15, -0.1) is 0 Å². The van der Waals surface area contributed by atoms with Crippen molar-refractivity contribution in [3.05, 3.63) is 65.3 Å². The molecule has 1 heterocycles. The normalized spacial score (nSPS) is 14.2. The summed E-state index contributed by atoms with van der Waals surface area (Å²) in [5.41, 5.74) is 4.19. The van der Waals surface area contributed by atoms with Gasteiger partial charge in [0, 0.05) is 35.3 Å². The van der Waals surface area contributed by atoms with E-state index in [0.717, 1.165) is 53.3 Å². The van der Waals surface area contributed by atoms with Crippen molar-refractivity contribution in [2.45, 2.75) is 71.3 Å². The zero-order valence-electron chi connectivity index (χ0n) is 19.3. The maximum Gasteiger partial charge on any atom is 0.250 e. The van der Waals surface area contributed by atoms with Gasteiger partial charge in [-0.1, -0.05) is 57.2 Å². The van der Waals surface area contributed by atoms with E-state index in [1.54, 1.807) is 0 Å². The van der Waals surface area contributed by atoms with Gasteiger partial charge in [0.2, 0.25) is 5.91 Å². The second-order valence-corrected chi connectivity index (χ2v) is 9.49. The highest BCUT2D eigenvalue weighted by molar-refractivity contribution is 8.10. The molecule has 4 nitrogen and oxygen atoms in total. The number of benzene rings is 1. The fourth-order valence-electron chi connectivity index (χ4n) is 3.84. The lowest BCUT2D eigenvalue weighted by Crippen LogP contribution is -2.37. The van der Waals surface area contributed by atoms with Crippen LogP contribution in [-0.4, -0.2) is 33.7 Å². The van der Waals surface area contributed by atoms with Crippen LogP contribution >= 0.6 is 11.8 Å². The molecule has 166 valence electrons. The molecule has 5 heteroatoms. The smallest absolute Gasteiger partial charge is 0.250 e. The molecule has 0 spiro atoms. The van der Waals surface area contributed by atoms with Gasteiger partial charge in [0.15, 0.2) is 0 Å². The second-order valence-electron chi connectivity index (χ2n) is 8.53. The summed E-state index contributed by atoms with van der Waals surface area (Å²) in [5, 5.41) is 6.41. The molecule has 2 aromatic rings. The minimum atomic E-state index is 0.0960. The Hall–Kier alpha value is -2.27. The fraction of sp³-hybridized carbons (Fsp3) is 0.462. The number of carbonyl (C=O) groups is 1. The van der Waals surface area contributed by atoms with Gasteiger partial charge in [0.25, 0.3) is 0 Å². The summed E-state index contributed by atoms with van der Waals surface area (Å²) in [7, 11) is 1.92. The number of hydrogen-bond acceptors (Lipinski definition) is 3. The number of rotatable bonds is 11. The summed E-state index contributed by atoms with van der Waals surface area (Å²) in [6.07, 6.45) is 10.7. The van der Waals surface area contributed by atoms with E-state index >= 15 is 0 Å². The van der Waals surface area contributed by atoms with Gasteiger partial charge in [-0.3, -0.25) is 4.79 Å². The Kier molecular flexibility index (Phi) is 8.19. The summed E-state index contributed by atoms with van der Waals surface area (Å²) < 4.78 is 1.88. The Bertz CT molecular complexity index is 918. The number of carbonyl (C=O) groups excluding carboxylic acids is 1. The predicted octanol–water partition coefficient (Wildman–Crippen LogP) is 6.78. The van der Waals surface area contributed by atoms with Crippen LogP contribution in [0, 0.1) is 0 Å². The van der Waals surface area contributed by atoms with Crippen LogP contribution < -0.4 is 0 Å². The largest absolute Gasteiger partial charge is 0.339 e. The molecule has 31 heavy (non-hydrogen) atoms. The molecule has 0 radical (unpaired) electrons. The molecule has 0 unspecified atom stereocenters. The maximum absolute atomic E-state index is 12.9. The average Bonchev–Trinajstić information content (AvgIpc) is 3.52. The Morgan fingerprint density at radius 2 is 1.90 bits per heavy atom. The Labute approximate surface area is 191 Å². The van der Waals surface area contributed by atoms with Crippen molar-refractivity contribution in [2.24, 2.45) is 0 Å². The maximum atomic E-state index is 12.9. The van der Waals surface area contributed by atoms with Crippen molar-refractivity contribution in [1.82, 2.24) is 14.7 Å². The standard InChI is InChI=1S/C26H35N3OS/c1-6-8-24(9-7-2)28(5)26(30)19(3)18-31-20(4)23-16-27-29(17-23)25-14-12-22(13-15-25)21-10-11-21/h12-18,21,24H,4,6-11H2,1-3,5H3/b19-18+. The molecule has 3 rings (SSSR count). The number of hydrogen-bond donors (Lipinski definition) is 0. The lowest BCUT2D eigenvalue weighted by molar-refractivity contribution is -0.128. The van der Waals surface area contributed by atoms with Crippen LogP contribution in [0.3, 0.4) is 0 Å². The first-order valence-electron chi connectivity index (χ1n) is 11.4. The summed E-state index contributed by atoms with van der Waals surface area (Å²) in [4.78, 5) is 15.6. The molecule has 0 N–H and O–H groups in total. The van der Waals surface area contributed by atoms with Crippen molar-refractivity contribution in [1.29, 1.82) is 0 Å². The van der Waals surface area contributed by atoms with Crippen LogP contribution in [-0.2, 0) is 4.79 Å². The van der Waals surface area contributed by atoms with Gasteiger partial charge < -0.3 is 4.90 Å². The van der Waals surface area contributed by atoms with Gasteiger partial charge in [-0.2, -0.15) is 5.10 Å². The van der Waals surface area contributed by atoms with Gasteiger partial charge >= 0.3 is 0 Å². The zero-order chi connectivity index (χ0) is 22.4. The molecule has 1 aromatic heterocycles. The first-order valence-corrected chi connectivity index (χ1v) is 12.3. The second kappa shape index (κ2) is 10.9. The monoisotopic (exact) mass is 437 g/mol. The number of nitrogens with zero attached hydrogens (tertiary/aromatic N) is 3. The van der Waals surface area contributed by atoms with Crippen molar-refractivity contribution in [3.63, 3.8) is 0 Å². The number of amides is 1. The van der Waals surface area contributed by atoms with Crippen molar-refractivity contribution in [2.75, 3.05) is 7.05 Å². The molecule has 0 atom stereocenters. The van der Waals surface area contributed by atoms with Crippen LogP contribution in [0.1, 0.15) is 76.3 Å². The fourth-order valence-corrected chi connectivity index (χ4v) is 4.51. The molecule has 0 bridgehead atoms. The lowest BCUT2D eigenvalue weighted by Gasteiger charge is -2.28. The van der Waals surface area contributed by atoms with E-state index in [4.69, 9.17) is 0 Å². The zero-order valence-corrected chi connectivity index (χ0v) is 20.1. The van der Waals surface area contributed by atoms with Gasteiger partial charge in [0.05, 0.1) is 11.9 Å². The van der Waals surface area contributed by atoms with E-state index in [2.05, 4.69) is 49.8 Å². The first kappa shape index (κ1) is 23.4. The summed E-state index contributed by atoms with van der Waals surface area (Å²) in [6.45, 7) is 10.4. The molecule has 1 aromatic carbocycles. The number of aromatic nitrogens is 2. The van der Waals surface area contributed by atoms with Crippen LogP contribution in [0.5, 0.6) is 0 Å². The third-order valence-electron chi connectivity index (χ3n) is 5.94. The lowest BCUT2D eigenvalue weighted by atomic mass is 10.0. The third-order valence-corrected chi connectivity index (χ3v) is 6.93. The highest BCUT2D eigenvalue weighted by Gasteiger charge is 2.23. The van der Waals surface area contributed by atoms with Crippen LogP contribution in [0.2, 0.25) is 0 Å². The predicted molar refractivity (Wildman–Crippen MR) is 132 cm³/mol. The molecular weight excluding hydrogens is 402 g/mol. The minimum Gasteiger partial charge on any atom is -0.339 e. The molecule has 1 saturated carbocycles. The third kappa shape index (κ3) is 6.13. The average molecular weight is 438 g/mol. The molecule has 1 aliphatic carbocycles. The van der Waals surface area contributed by atoms with E-state index in [1.807, 2.05) is 41.4 Å². The van der Waals surface area contributed by atoms with Crippen LogP contribution in [0.4, 0.5) is 0 Å². The van der Waals surface area contributed by atoms with Gasteiger partial charge in [-0.25, -0.2) is 4.68 Å². The molecular formula is C26H35N3OS. The highest BCUT2D eigenvalue weighted by Crippen LogP contribution is 2.40. The molecule has 1 amide bonds. The highest BCUT2D eigenvalue weighted by atomic mass is 32.2. The summed E-state index contributed by atoms with van der Waals surface area (Å²) in [5.74, 6) is 0.855. The van der Waals surface area contributed by atoms with Crippen molar-refractivity contribution >= 4 is 22.6 Å². The van der Waals surface area contributed by atoms with Crippen molar-refractivity contribution < 1.29 is 4.79 Å². The van der Waals surface area contributed by atoms with E-state index < -0.39 is 0 Å². The number of thioether (sulfide) groups is 1. The van der Waals surface area contributed by atoms with E-state index in [1.165, 1.54) is 30.2 Å². The quantitative estimate of drug-likeness (QED) is 0.363. The van der Waals surface area contributed by atoms with Crippen LogP contribution in [0.15, 0.2) is 54.2 Å². The van der Waals surface area contributed by atoms with Gasteiger partial charge in [0.1, 0.15) is 0 Å². The Balaban J connectivity index is 1.60. The Morgan fingerprint density at radius 1 is 1.26 bits per heavy atom. The van der Waals surface area contributed by atoms with Gasteiger partial charge in [-0.05, 0) is 61.6 Å². The summed E-state index contributed by atoms with van der Waals surface area (Å²) >= 11 is 1.49. The molecule has 1 fully saturated rings. The molecule has 1 aliphatic rings. The first-order chi connectivity index (χ1) is 14.9. The minimum absolute atomic E-state index is 0.0960. The van der Waals surface area contributed by atoms with Crippen LogP contribution in [0.25, 0.3) is 10.6 Å². The number of likely N-dealkylation sites (N-methyl/N-ethyl adjacent to an activating group) is 1.